The van der Waals surface area contributed by atoms with Gasteiger partial charge < -0.3 is 15.7 Å². The first-order chi connectivity index (χ1) is 11.5. The Labute approximate surface area is 141 Å². The predicted molar refractivity (Wildman–Crippen MR) is 94.0 cm³/mol. The van der Waals surface area contributed by atoms with Crippen LogP contribution in [0, 0.1) is 6.92 Å². The van der Waals surface area contributed by atoms with Gasteiger partial charge in [-0.05, 0) is 43.1 Å². The Hall–Kier alpha value is -2.66. The smallest absolute Gasteiger partial charge is 0.321 e. The summed E-state index contributed by atoms with van der Waals surface area (Å²) in [6.07, 6.45) is 0.599. The summed E-state index contributed by atoms with van der Waals surface area (Å²) in [6, 6.07) is 16.3. The summed E-state index contributed by atoms with van der Waals surface area (Å²) in [7, 11) is 0. The second-order valence-corrected chi connectivity index (χ2v) is 5.70. The van der Waals surface area contributed by atoms with E-state index >= 15 is 0 Å². The zero-order valence-corrected chi connectivity index (χ0v) is 13.7. The summed E-state index contributed by atoms with van der Waals surface area (Å²) in [6.45, 7) is 2.43. The molecule has 0 saturated heterocycles. The van der Waals surface area contributed by atoms with E-state index in [-0.39, 0.29) is 12.3 Å². The van der Waals surface area contributed by atoms with Crippen LogP contribution in [0.25, 0.3) is 0 Å². The molecular weight excluding hydrogens is 304 g/mol. The minimum atomic E-state index is -1.03. The molecule has 0 aliphatic heterocycles. The fraction of sp³-hybridized carbons (Fsp3) is 0.263. The highest BCUT2D eigenvalue weighted by Crippen LogP contribution is 2.10. The molecule has 0 saturated carbocycles. The molecule has 2 rings (SSSR count). The van der Waals surface area contributed by atoms with Crippen molar-refractivity contribution in [2.24, 2.45) is 0 Å². The summed E-state index contributed by atoms with van der Waals surface area (Å²) in [5.41, 5.74) is 2.83. The fourth-order valence-corrected chi connectivity index (χ4v) is 2.40. The lowest BCUT2D eigenvalue weighted by atomic mass is 10.1. The van der Waals surface area contributed by atoms with Gasteiger partial charge in [-0.2, -0.15) is 0 Å². The molecular formula is C19H22N2O3. The van der Waals surface area contributed by atoms with Gasteiger partial charge in [-0.1, -0.05) is 42.5 Å². The van der Waals surface area contributed by atoms with Gasteiger partial charge in [0.25, 0.3) is 0 Å². The molecule has 2 aromatic rings. The standard InChI is InChI=1S/C19H22N2O3/c1-14-6-5-9-16(12-14)21-18(22)13-17(19(23)24)20-11-10-15-7-3-2-4-8-15/h2-9,12,17,20H,10-11,13H2,1H3,(H,21,22)(H,23,24)/t17-/m0/s1. The van der Waals surface area contributed by atoms with Crippen LogP contribution < -0.4 is 10.6 Å². The molecule has 1 amide bonds. The Kier molecular flexibility index (Phi) is 6.51. The van der Waals surface area contributed by atoms with Gasteiger partial charge in [-0.25, -0.2) is 0 Å². The lowest BCUT2D eigenvalue weighted by Crippen LogP contribution is -2.40. The van der Waals surface area contributed by atoms with Crippen LogP contribution in [0.1, 0.15) is 17.5 Å². The van der Waals surface area contributed by atoms with Crippen LogP contribution >= 0.6 is 0 Å². The molecule has 1 atom stereocenters. The Morgan fingerprint density at radius 1 is 1.08 bits per heavy atom. The molecule has 0 fully saturated rings. The van der Waals surface area contributed by atoms with E-state index < -0.39 is 12.0 Å². The number of carboxylic acid groups (broad SMARTS) is 1. The highest BCUT2D eigenvalue weighted by Gasteiger charge is 2.20. The number of hydrogen-bond donors (Lipinski definition) is 3. The van der Waals surface area contributed by atoms with Crippen molar-refractivity contribution in [3.8, 4) is 0 Å². The van der Waals surface area contributed by atoms with Crippen molar-refractivity contribution < 1.29 is 14.7 Å². The zero-order valence-electron chi connectivity index (χ0n) is 13.7. The number of aliphatic carboxylic acids is 1. The van der Waals surface area contributed by atoms with Crippen molar-refractivity contribution in [2.45, 2.75) is 25.8 Å². The van der Waals surface area contributed by atoms with Crippen LogP contribution in [-0.2, 0) is 16.0 Å². The first-order valence-electron chi connectivity index (χ1n) is 7.91. The molecule has 0 aromatic heterocycles. The van der Waals surface area contributed by atoms with Gasteiger partial charge in [-0.15, -0.1) is 0 Å². The number of carboxylic acids is 1. The number of nitrogens with one attached hydrogen (secondary N) is 2. The molecule has 0 aliphatic carbocycles. The van der Waals surface area contributed by atoms with E-state index in [1.165, 1.54) is 0 Å². The Morgan fingerprint density at radius 3 is 2.50 bits per heavy atom. The molecule has 2 aromatic carbocycles. The molecule has 0 aliphatic rings. The van der Waals surface area contributed by atoms with Crippen LogP contribution in [0.15, 0.2) is 54.6 Å². The van der Waals surface area contributed by atoms with Gasteiger partial charge in [0.2, 0.25) is 5.91 Å². The normalized spacial score (nSPS) is 11.7. The number of aryl methyl sites for hydroxylation is 1. The van der Waals surface area contributed by atoms with Crippen LogP contribution in [0.5, 0.6) is 0 Å². The van der Waals surface area contributed by atoms with Crippen molar-refractivity contribution >= 4 is 17.6 Å². The molecule has 5 heteroatoms. The second-order valence-electron chi connectivity index (χ2n) is 5.70. The molecule has 24 heavy (non-hydrogen) atoms. The fourth-order valence-electron chi connectivity index (χ4n) is 2.40. The number of benzene rings is 2. The average Bonchev–Trinajstić information content (AvgIpc) is 2.54. The summed E-state index contributed by atoms with van der Waals surface area (Å²) in [5.74, 6) is -1.34. The summed E-state index contributed by atoms with van der Waals surface area (Å²) in [5, 5.41) is 15.0. The van der Waals surface area contributed by atoms with E-state index in [4.69, 9.17) is 0 Å². The van der Waals surface area contributed by atoms with Crippen molar-refractivity contribution in [2.75, 3.05) is 11.9 Å². The zero-order chi connectivity index (χ0) is 17.4. The van der Waals surface area contributed by atoms with Gasteiger partial charge in [0, 0.05) is 5.69 Å². The van der Waals surface area contributed by atoms with E-state index in [2.05, 4.69) is 10.6 Å². The third-order valence-corrected chi connectivity index (χ3v) is 3.64. The maximum absolute atomic E-state index is 12.1. The van der Waals surface area contributed by atoms with Crippen molar-refractivity contribution in [3.63, 3.8) is 0 Å². The summed E-state index contributed by atoms with van der Waals surface area (Å²) in [4.78, 5) is 23.4. The number of rotatable bonds is 8. The minimum Gasteiger partial charge on any atom is -0.480 e. The minimum absolute atomic E-state index is 0.113. The number of amides is 1. The van der Waals surface area contributed by atoms with E-state index in [0.29, 0.717) is 18.7 Å². The van der Waals surface area contributed by atoms with Crippen molar-refractivity contribution in [3.05, 3.63) is 65.7 Å². The van der Waals surface area contributed by atoms with E-state index in [1.54, 1.807) is 6.07 Å². The summed E-state index contributed by atoms with van der Waals surface area (Å²) >= 11 is 0. The SMILES string of the molecule is Cc1cccc(NC(=O)C[C@H](NCCc2ccccc2)C(=O)O)c1. The maximum Gasteiger partial charge on any atom is 0.321 e. The number of carbonyl (C=O) groups excluding carboxylic acids is 1. The van der Waals surface area contributed by atoms with E-state index in [9.17, 15) is 14.7 Å². The van der Waals surface area contributed by atoms with Crippen molar-refractivity contribution in [1.29, 1.82) is 0 Å². The van der Waals surface area contributed by atoms with Crippen LogP contribution in [0.4, 0.5) is 5.69 Å². The lowest BCUT2D eigenvalue weighted by Gasteiger charge is -2.14. The van der Waals surface area contributed by atoms with E-state index in [0.717, 1.165) is 11.1 Å². The molecule has 126 valence electrons. The topological polar surface area (TPSA) is 78.4 Å². The van der Waals surface area contributed by atoms with Gasteiger partial charge in [0.1, 0.15) is 6.04 Å². The molecule has 0 radical (unpaired) electrons. The van der Waals surface area contributed by atoms with Gasteiger partial charge in [-0.3, -0.25) is 9.59 Å². The molecule has 0 spiro atoms. The van der Waals surface area contributed by atoms with Crippen LogP contribution in [-0.4, -0.2) is 29.6 Å². The first kappa shape index (κ1) is 17.7. The largest absolute Gasteiger partial charge is 0.480 e. The van der Waals surface area contributed by atoms with Crippen LogP contribution in [0.3, 0.4) is 0 Å². The molecule has 0 unspecified atom stereocenters. The summed E-state index contributed by atoms with van der Waals surface area (Å²) < 4.78 is 0. The second kappa shape index (κ2) is 8.84. The molecule has 3 N–H and O–H groups in total. The first-order valence-corrected chi connectivity index (χ1v) is 7.91. The molecule has 0 heterocycles. The molecule has 5 nitrogen and oxygen atoms in total. The predicted octanol–water partition coefficient (Wildman–Crippen LogP) is 2.61. The van der Waals surface area contributed by atoms with Gasteiger partial charge in [0.15, 0.2) is 0 Å². The number of carbonyl (C=O) groups is 2. The maximum atomic E-state index is 12.1. The molecule has 0 bridgehead atoms. The van der Waals surface area contributed by atoms with Crippen LogP contribution in [0.2, 0.25) is 0 Å². The van der Waals surface area contributed by atoms with Gasteiger partial charge >= 0.3 is 5.97 Å². The highest BCUT2D eigenvalue weighted by molar-refractivity contribution is 5.94. The Bertz CT molecular complexity index is 686. The van der Waals surface area contributed by atoms with Crippen molar-refractivity contribution in [1.82, 2.24) is 5.32 Å². The number of anilines is 1. The third kappa shape index (κ3) is 5.85. The van der Waals surface area contributed by atoms with E-state index in [1.807, 2.05) is 55.5 Å². The average molecular weight is 326 g/mol. The quantitative estimate of drug-likeness (QED) is 0.697. The third-order valence-electron chi connectivity index (χ3n) is 3.64. The monoisotopic (exact) mass is 326 g/mol. The number of hydrogen-bond acceptors (Lipinski definition) is 3. The Morgan fingerprint density at radius 2 is 1.83 bits per heavy atom. The lowest BCUT2D eigenvalue weighted by molar-refractivity contribution is -0.141. The highest BCUT2D eigenvalue weighted by atomic mass is 16.4. The Balaban J connectivity index is 1.84. The van der Waals surface area contributed by atoms with Gasteiger partial charge in [0.05, 0.1) is 6.42 Å².